The highest BCUT2D eigenvalue weighted by atomic mass is 16.5. The number of nitrogens with two attached hydrogens (primary N) is 1. The fourth-order valence-corrected chi connectivity index (χ4v) is 2.59. The van der Waals surface area contributed by atoms with Crippen LogP contribution < -0.4 is 10.5 Å². The third kappa shape index (κ3) is 2.49. The molecule has 5 nitrogen and oxygen atoms in total. The van der Waals surface area contributed by atoms with E-state index in [1.54, 1.807) is 4.68 Å². The van der Waals surface area contributed by atoms with Gasteiger partial charge < -0.3 is 10.5 Å². The predicted octanol–water partition coefficient (Wildman–Crippen LogP) is 1.97. The molecule has 0 unspecified atom stereocenters. The smallest absolute Gasteiger partial charge is 0.223 e. The Bertz CT molecular complexity index is 444. The molecule has 0 radical (unpaired) electrons. The highest BCUT2D eigenvalue weighted by Crippen LogP contribution is 2.29. The van der Waals surface area contributed by atoms with Crippen molar-refractivity contribution in [2.45, 2.75) is 45.6 Å². The molecule has 100 valence electrons. The molecule has 1 heterocycles. The number of nitrogens with zero attached hydrogens (tertiary/aromatic N) is 2. The second-order valence-corrected chi connectivity index (χ2v) is 5.30. The molecule has 1 aliphatic carbocycles. The molecular weight excluding hydrogens is 228 g/mol. The van der Waals surface area contributed by atoms with Crippen molar-refractivity contribution in [1.29, 1.82) is 5.41 Å². The van der Waals surface area contributed by atoms with Gasteiger partial charge in [0.25, 0.3) is 0 Å². The summed E-state index contributed by atoms with van der Waals surface area (Å²) in [5.74, 6) is 1.46. The van der Waals surface area contributed by atoms with Gasteiger partial charge in [0, 0.05) is 7.05 Å². The molecule has 0 spiro atoms. The quantitative estimate of drug-likeness (QED) is 0.636. The number of hydrogen-bond donors (Lipinski definition) is 2. The van der Waals surface area contributed by atoms with Crippen molar-refractivity contribution in [3.63, 3.8) is 0 Å². The Labute approximate surface area is 108 Å². The maximum Gasteiger partial charge on any atom is 0.223 e. The van der Waals surface area contributed by atoms with Gasteiger partial charge in [-0.15, -0.1) is 0 Å². The monoisotopic (exact) mass is 250 g/mol. The van der Waals surface area contributed by atoms with Crippen molar-refractivity contribution in [2.75, 3.05) is 0 Å². The third-order valence-corrected chi connectivity index (χ3v) is 3.68. The number of aryl methyl sites for hydroxylation is 2. The van der Waals surface area contributed by atoms with Crippen LogP contribution in [0.4, 0.5) is 0 Å². The van der Waals surface area contributed by atoms with Crippen LogP contribution in [0, 0.1) is 18.3 Å². The SMILES string of the molecule is Cc1nn(C)c(OC2CCC(C)CC2)c1C(=N)N. The van der Waals surface area contributed by atoms with E-state index in [-0.39, 0.29) is 11.9 Å². The van der Waals surface area contributed by atoms with E-state index in [0.717, 1.165) is 24.5 Å². The summed E-state index contributed by atoms with van der Waals surface area (Å²) in [5.41, 5.74) is 7.00. The number of hydrogen-bond acceptors (Lipinski definition) is 3. The molecule has 0 aliphatic heterocycles. The van der Waals surface area contributed by atoms with Crippen molar-refractivity contribution in [2.24, 2.45) is 18.7 Å². The topological polar surface area (TPSA) is 76.9 Å². The van der Waals surface area contributed by atoms with E-state index >= 15 is 0 Å². The van der Waals surface area contributed by atoms with Crippen molar-refractivity contribution in [3.05, 3.63) is 11.3 Å². The molecule has 3 N–H and O–H groups in total. The average molecular weight is 250 g/mol. The summed E-state index contributed by atoms with van der Waals surface area (Å²) in [7, 11) is 1.83. The van der Waals surface area contributed by atoms with Crippen LogP contribution in [-0.2, 0) is 7.05 Å². The average Bonchev–Trinajstić information content (AvgIpc) is 2.57. The molecule has 18 heavy (non-hydrogen) atoms. The molecular formula is C13H22N4O. The standard InChI is InChI=1S/C13H22N4O/c1-8-4-6-10(7-5-8)18-13-11(12(14)15)9(2)16-17(13)3/h8,10H,4-7H2,1-3H3,(H3,14,15). The lowest BCUT2D eigenvalue weighted by molar-refractivity contribution is 0.124. The first kappa shape index (κ1) is 12.9. The van der Waals surface area contributed by atoms with Crippen LogP contribution in [0.25, 0.3) is 0 Å². The molecule has 2 rings (SSSR count). The summed E-state index contributed by atoms with van der Waals surface area (Å²) in [4.78, 5) is 0. The minimum absolute atomic E-state index is 0.0276. The summed E-state index contributed by atoms with van der Waals surface area (Å²) in [6, 6.07) is 0. The molecule has 0 amide bonds. The Kier molecular flexibility index (Phi) is 3.59. The Hall–Kier alpha value is -1.52. The molecule has 1 saturated carbocycles. The first-order chi connectivity index (χ1) is 8.49. The fourth-order valence-electron chi connectivity index (χ4n) is 2.59. The first-order valence-electron chi connectivity index (χ1n) is 6.53. The molecule has 1 fully saturated rings. The number of nitrogen functional groups attached to an aromatic ring is 1. The van der Waals surface area contributed by atoms with E-state index in [9.17, 15) is 0 Å². The fraction of sp³-hybridized carbons (Fsp3) is 0.692. The number of rotatable bonds is 3. The van der Waals surface area contributed by atoms with Crippen LogP contribution in [0.3, 0.4) is 0 Å². The van der Waals surface area contributed by atoms with E-state index in [1.165, 1.54) is 12.8 Å². The van der Waals surface area contributed by atoms with Gasteiger partial charge in [0.2, 0.25) is 5.88 Å². The molecule has 1 aromatic rings. The van der Waals surface area contributed by atoms with Crippen molar-refractivity contribution >= 4 is 5.84 Å². The van der Waals surface area contributed by atoms with Crippen LogP contribution in [0.5, 0.6) is 5.88 Å². The van der Waals surface area contributed by atoms with Gasteiger partial charge in [-0.2, -0.15) is 5.10 Å². The Morgan fingerprint density at radius 3 is 2.56 bits per heavy atom. The molecule has 0 aromatic carbocycles. The number of aromatic nitrogens is 2. The highest BCUT2D eigenvalue weighted by Gasteiger charge is 2.24. The lowest BCUT2D eigenvalue weighted by atomic mass is 9.89. The number of amidine groups is 1. The van der Waals surface area contributed by atoms with Crippen molar-refractivity contribution in [3.8, 4) is 5.88 Å². The maximum absolute atomic E-state index is 7.62. The summed E-state index contributed by atoms with van der Waals surface area (Å²) >= 11 is 0. The van der Waals surface area contributed by atoms with Crippen molar-refractivity contribution < 1.29 is 4.74 Å². The summed E-state index contributed by atoms with van der Waals surface area (Å²) in [5, 5.41) is 11.9. The molecule has 5 heteroatoms. The predicted molar refractivity (Wildman–Crippen MR) is 71.0 cm³/mol. The summed E-state index contributed by atoms with van der Waals surface area (Å²) in [6.07, 6.45) is 4.79. The van der Waals surface area contributed by atoms with Gasteiger partial charge in [0.15, 0.2) is 0 Å². The highest BCUT2D eigenvalue weighted by molar-refractivity contribution is 5.98. The van der Waals surface area contributed by atoms with E-state index in [1.807, 2.05) is 14.0 Å². The number of nitrogens with one attached hydrogen (secondary N) is 1. The molecule has 1 aliphatic rings. The van der Waals surface area contributed by atoms with E-state index in [4.69, 9.17) is 15.9 Å². The zero-order chi connectivity index (χ0) is 13.3. The van der Waals surface area contributed by atoms with Gasteiger partial charge in [0.1, 0.15) is 17.5 Å². The largest absolute Gasteiger partial charge is 0.474 e. The maximum atomic E-state index is 7.62. The van der Waals surface area contributed by atoms with Crippen LogP contribution in [0.2, 0.25) is 0 Å². The lowest BCUT2D eigenvalue weighted by Gasteiger charge is -2.27. The van der Waals surface area contributed by atoms with Crippen LogP contribution in [0.1, 0.15) is 43.9 Å². The van der Waals surface area contributed by atoms with Gasteiger partial charge in [-0.25, -0.2) is 4.68 Å². The Morgan fingerprint density at radius 1 is 1.39 bits per heavy atom. The second-order valence-electron chi connectivity index (χ2n) is 5.30. The van der Waals surface area contributed by atoms with E-state index in [0.29, 0.717) is 11.4 Å². The third-order valence-electron chi connectivity index (χ3n) is 3.68. The zero-order valence-corrected chi connectivity index (χ0v) is 11.4. The zero-order valence-electron chi connectivity index (χ0n) is 11.4. The minimum Gasteiger partial charge on any atom is -0.474 e. The van der Waals surface area contributed by atoms with Crippen LogP contribution >= 0.6 is 0 Å². The minimum atomic E-state index is 0.0276. The Balaban J connectivity index is 2.16. The molecule has 0 bridgehead atoms. The second kappa shape index (κ2) is 5.00. The molecule has 1 aromatic heterocycles. The van der Waals surface area contributed by atoms with Crippen LogP contribution in [-0.4, -0.2) is 21.7 Å². The Morgan fingerprint density at radius 2 is 2.00 bits per heavy atom. The summed E-state index contributed by atoms with van der Waals surface area (Å²) < 4.78 is 7.71. The van der Waals surface area contributed by atoms with Crippen molar-refractivity contribution in [1.82, 2.24) is 9.78 Å². The van der Waals surface area contributed by atoms with E-state index < -0.39 is 0 Å². The van der Waals surface area contributed by atoms with Gasteiger partial charge in [0.05, 0.1) is 5.69 Å². The van der Waals surface area contributed by atoms with E-state index in [2.05, 4.69) is 12.0 Å². The van der Waals surface area contributed by atoms with Gasteiger partial charge >= 0.3 is 0 Å². The molecule has 0 saturated heterocycles. The summed E-state index contributed by atoms with van der Waals surface area (Å²) in [6.45, 7) is 4.14. The van der Waals surface area contributed by atoms with Gasteiger partial charge in [-0.3, -0.25) is 5.41 Å². The van der Waals surface area contributed by atoms with Gasteiger partial charge in [-0.05, 0) is 38.5 Å². The molecule has 0 atom stereocenters. The van der Waals surface area contributed by atoms with Crippen LogP contribution in [0.15, 0.2) is 0 Å². The lowest BCUT2D eigenvalue weighted by Crippen LogP contribution is -2.25. The number of ether oxygens (including phenoxy) is 1. The normalized spacial score (nSPS) is 23.9. The van der Waals surface area contributed by atoms with Gasteiger partial charge in [-0.1, -0.05) is 6.92 Å². The first-order valence-corrected chi connectivity index (χ1v) is 6.53.